The molecule has 0 saturated heterocycles. The molecule has 1 heterocycles. The van der Waals surface area contributed by atoms with Gasteiger partial charge in [-0.15, -0.1) is 12.4 Å². The van der Waals surface area contributed by atoms with E-state index in [1.54, 1.807) is 7.11 Å². The molecule has 0 spiro atoms. The Balaban J connectivity index is 0.00000312. The minimum Gasteiger partial charge on any atom is -0.383 e. The van der Waals surface area contributed by atoms with Crippen molar-refractivity contribution in [2.24, 2.45) is 5.41 Å². The maximum Gasteiger partial charge on any atom is 0.261 e. The summed E-state index contributed by atoms with van der Waals surface area (Å²) in [4.78, 5) is 39.3. The summed E-state index contributed by atoms with van der Waals surface area (Å²) >= 11 is 0. The summed E-state index contributed by atoms with van der Waals surface area (Å²) in [7, 11) is 1.62. The molecule has 7 nitrogen and oxygen atoms in total. The third kappa shape index (κ3) is 5.66. The first-order chi connectivity index (χ1) is 11.3. The Hall–Kier alpha value is -1.70. The van der Waals surface area contributed by atoms with Crippen LogP contribution in [0.3, 0.4) is 0 Å². The Labute approximate surface area is 153 Å². The molecular weight excluding hydrogens is 346 g/mol. The van der Waals surface area contributed by atoms with E-state index in [4.69, 9.17) is 4.74 Å². The molecule has 0 bridgehead atoms. The predicted octanol–water partition coefficient (Wildman–Crippen LogP) is 0.918. The number of aromatic nitrogens is 1. The van der Waals surface area contributed by atoms with Gasteiger partial charge in [0.15, 0.2) is 5.78 Å². The number of ketones is 1. The van der Waals surface area contributed by atoms with Crippen LogP contribution in [0, 0.1) is 5.41 Å². The quantitative estimate of drug-likeness (QED) is 0.619. The lowest BCUT2D eigenvalue weighted by atomic mass is 9.75. The maximum absolute atomic E-state index is 12.3. The molecule has 1 amide bonds. The Bertz CT molecular complexity index is 685. The number of hydrogen-bond acceptors (Lipinski definition) is 5. The molecule has 0 aromatic carbocycles. The third-order valence-electron chi connectivity index (χ3n) is 4.03. The molecule has 1 aromatic heterocycles. The first-order valence-electron chi connectivity index (χ1n) is 8.11. The predicted molar refractivity (Wildman–Crippen MR) is 97.8 cm³/mol. The van der Waals surface area contributed by atoms with Crippen LogP contribution in [0.2, 0.25) is 0 Å². The van der Waals surface area contributed by atoms with Crippen LogP contribution < -0.4 is 16.2 Å². The number of ether oxygens (including phenoxy) is 1. The van der Waals surface area contributed by atoms with Gasteiger partial charge < -0.3 is 20.4 Å². The van der Waals surface area contributed by atoms with Gasteiger partial charge in [-0.2, -0.15) is 0 Å². The summed E-state index contributed by atoms with van der Waals surface area (Å²) in [5, 5.41) is 5.78. The molecule has 0 atom stereocenters. The Morgan fingerprint density at radius 1 is 1.24 bits per heavy atom. The van der Waals surface area contributed by atoms with Crippen LogP contribution in [-0.4, -0.2) is 50.0 Å². The van der Waals surface area contributed by atoms with Crippen molar-refractivity contribution >= 4 is 24.1 Å². The van der Waals surface area contributed by atoms with E-state index in [9.17, 15) is 14.4 Å². The summed E-state index contributed by atoms with van der Waals surface area (Å²) in [6.07, 6.45) is 1.03. The standard InChI is InChI=1S/C17H25N3O4.ClH/c1-17(2)9-13-11(14(21)10-17)8-12(16(23)20-13)15(22)19-5-4-18-6-7-24-3;/h8,18H,4-7,9-10H2,1-3H3,(H,19,22)(H,20,23);1H. The topological polar surface area (TPSA) is 100 Å². The van der Waals surface area contributed by atoms with Crippen molar-refractivity contribution in [3.8, 4) is 0 Å². The van der Waals surface area contributed by atoms with Gasteiger partial charge >= 0.3 is 0 Å². The Kier molecular flexibility index (Phi) is 7.79. The summed E-state index contributed by atoms with van der Waals surface area (Å²) in [6, 6.07) is 1.43. The van der Waals surface area contributed by atoms with Crippen molar-refractivity contribution < 1.29 is 14.3 Å². The molecule has 0 saturated carbocycles. The number of aromatic amines is 1. The fourth-order valence-electron chi connectivity index (χ4n) is 2.86. The molecule has 1 aromatic rings. The number of Topliss-reactive ketones (excluding diaryl/α,β-unsaturated/α-hetero) is 1. The van der Waals surface area contributed by atoms with Gasteiger partial charge in [-0.1, -0.05) is 13.8 Å². The second kappa shape index (κ2) is 9.12. The molecule has 140 valence electrons. The highest BCUT2D eigenvalue weighted by molar-refractivity contribution is 6.02. The minimum atomic E-state index is -0.467. The van der Waals surface area contributed by atoms with Crippen molar-refractivity contribution in [3.63, 3.8) is 0 Å². The van der Waals surface area contributed by atoms with Gasteiger partial charge in [0.05, 0.1) is 6.61 Å². The SMILES string of the molecule is COCCNCCNC(=O)c1cc2c([nH]c1=O)CC(C)(C)CC2=O.Cl. The first kappa shape index (κ1) is 21.3. The summed E-state index contributed by atoms with van der Waals surface area (Å²) in [5.41, 5.74) is 0.434. The molecule has 2 rings (SSSR count). The number of nitrogens with one attached hydrogen (secondary N) is 3. The summed E-state index contributed by atoms with van der Waals surface area (Å²) in [5.74, 6) is -0.502. The molecule has 0 unspecified atom stereocenters. The van der Waals surface area contributed by atoms with Crippen LogP contribution in [0.25, 0.3) is 0 Å². The number of H-pyrrole nitrogens is 1. The van der Waals surface area contributed by atoms with Gasteiger partial charge in [0, 0.05) is 44.4 Å². The number of carbonyl (C=O) groups is 2. The fraction of sp³-hybridized carbons (Fsp3) is 0.588. The minimum absolute atomic E-state index is 0. The normalized spacial score (nSPS) is 15.2. The van der Waals surface area contributed by atoms with Gasteiger partial charge in [0.25, 0.3) is 11.5 Å². The van der Waals surface area contributed by atoms with Crippen LogP contribution in [0.5, 0.6) is 0 Å². The van der Waals surface area contributed by atoms with E-state index in [2.05, 4.69) is 15.6 Å². The molecule has 0 radical (unpaired) electrons. The molecule has 1 aliphatic carbocycles. The number of pyridine rings is 1. The lowest BCUT2D eigenvalue weighted by molar-refractivity contribution is 0.0910. The second-order valence-electron chi connectivity index (χ2n) is 6.84. The van der Waals surface area contributed by atoms with Crippen molar-refractivity contribution in [1.82, 2.24) is 15.6 Å². The number of amides is 1. The van der Waals surface area contributed by atoms with E-state index < -0.39 is 11.5 Å². The van der Waals surface area contributed by atoms with Crippen molar-refractivity contribution in [2.75, 3.05) is 33.4 Å². The van der Waals surface area contributed by atoms with Crippen LogP contribution >= 0.6 is 12.4 Å². The smallest absolute Gasteiger partial charge is 0.261 e. The second-order valence-corrected chi connectivity index (χ2v) is 6.84. The van der Waals surface area contributed by atoms with Crippen LogP contribution in [0.1, 0.15) is 46.7 Å². The lowest BCUT2D eigenvalue weighted by Gasteiger charge is -2.29. The zero-order chi connectivity index (χ0) is 17.7. The van der Waals surface area contributed by atoms with Gasteiger partial charge in [-0.25, -0.2) is 0 Å². The number of carbonyl (C=O) groups excluding carboxylic acids is 2. The van der Waals surface area contributed by atoms with Gasteiger partial charge in [0.2, 0.25) is 0 Å². The summed E-state index contributed by atoms with van der Waals surface area (Å²) in [6.45, 7) is 6.23. The monoisotopic (exact) mass is 371 g/mol. The van der Waals surface area contributed by atoms with Gasteiger partial charge in [-0.05, 0) is 17.9 Å². The van der Waals surface area contributed by atoms with E-state index in [0.29, 0.717) is 50.3 Å². The van der Waals surface area contributed by atoms with E-state index in [1.165, 1.54) is 6.07 Å². The van der Waals surface area contributed by atoms with Gasteiger partial charge in [0.1, 0.15) is 5.56 Å². The lowest BCUT2D eigenvalue weighted by Crippen LogP contribution is -2.37. The molecular formula is C17H26ClN3O4. The average Bonchev–Trinajstić information content (AvgIpc) is 2.48. The Morgan fingerprint density at radius 2 is 1.96 bits per heavy atom. The number of fused-ring (bicyclic) bond motifs is 1. The largest absolute Gasteiger partial charge is 0.383 e. The van der Waals surface area contributed by atoms with E-state index in [-0.39, 0.29) is 29.2 Å². The van der Waals surface area contributed by atoms with Crippen molar-refractivity contribution in [3.05, 3.63) is 33.2 Å². The number of methoxy groups -OCH3 is 1. The van der Waals surface area contributed by atoms with Crippen LogP contribution in [0.15, 0.2) is 10.9 Å². The molecule has 1 aliphatic rings. The molecule has 25 heavy (non-hydrogen) atoms. The fourth-order valence-corrected chi connectivity index (χ4v) is 2.86. The number of halogens is 1. The zero-order valence-electron chi connectivity index (χ0n) is 14.9. The molecule has 3 N–H and O–H groups in total. The van der Waals surface area contributed by atoms with Crippen LogP contribution in [-0.2, 0) is 11.2 Å². The third-order valence-corrected chi connectivity index (χ3v) is 4.03. The van der Waals surface area contributed by atoms with E-state index in [0.717, 1.165) is 0 Å². The molecule has 0 fully saturated rings. The van der Waals surface area contributed by atoms with Gasteiger partial charge in [-0.3, -0.25) is 14.4 Å². The zero-order valence-corrected chi connectivity index (χ0v) is 15.7. The highest BCUT2D eigenvalue weighted by Gasteiger charge is 2.32. The highest BCUT2D eigenvalue weighted by Crippen LogP contribution is 2.33. The highest BCUT2D eigenvalue weighted by atomic mass is 35.5. The van der Waals surface area contributed by atoms with Crippen molar-refractivity contribution in [2.45, 2.75) is 26.7 Å². The van der Waals surface area contributed by atoms with E-state index >= 15 is 0 Å². The average molecular weight is 372 g/mol. The first-order valence-corrected chi connectivity index (χ1v) is 8.11. The van der Waals surface area contributed by atoms with Crippen LogP contribution in [0.4, 0.5) is 0 Å². The Morgan fingerprint density at radius 3 is 2.64 bits per heavy atom. The summed E-state index contributed by atoms with van der Waals surface area (Å²) < 4.78 is 4.90. The van der Waals surface area contributed by atoms with E-state index in [1.807, 2.05) is 13.8 Å². The number of hydrogen-bond donors (Lipinski definition) is 3. The number of rotatable bonds is 7. The molecule has 8 heteroatoms. The maximum atomic E-state index is 12.3. The molecule has 0 aliphatic heterocycles. The van der Waals surface area contributed by atoms with Crippen molar-refractivity contribution in [1.29, 1.82) is 0 Å².